The van der Waals surface area contributed by atoms with Crippen LogP contribution in [0.1, 0.15) is 31.2 Å². The van der Waals surface area contributed by atoms with Crippen LogP contribution in [0.2, 0.25) is 0 Å². The Bertz CT molecular complexity index is 1520. The summed E-state index contributed by atoms with van der Waals surface area (Å²) in [4.78, 5) is 12.1. The first-order chi connectivity index (χ1) is 17.5. The highest BCUT2D eigenvalue weighted by Gasteiger charge is 2.41. The summed E-state index contributed by atoms with van der Waals surface area (Å²) in [6.07, 6.45) is 7.47. The van der Waals surface area contributed by atoms with Gasteiger partial charge in [-0.15, -0.1) is 12.4 Å². The van der Waals surface area contributed by atoms with E-state index >= 15 is 0 Å². The third-order valence-corrected chi connectivity index (χ3v) is 7.36. The van der Waals surface area contributed by atoms with Crippen LogP contribution in [0, 0.1) is 17.1 Å². The zero-order valence-electron chi connectivity index (χ0n) is 20.1. The SMILES string of the molecule is COc1ccc(-c2c(-c3ccc(C#N)c(F)c3)nc(N3C4CCC3CC(N)C4)n3ccnc23)cc1O.Cl. The van der Waals surface area contributed by atoms with Gasteiger partial charge < -0.3 is 20.5 Å². The van der Waals surface area contributed by atoms with Gasteiger partial charge in [0.05, 0.1) is 23.9 Å². The lowest BCUT2D eigenvalue weighted by atomic mass is 9.97. The van der Waals surface area contributed by atoms with Crippen molar-refractivity contribution in [3.05, 3.63) is 60.2 Å². The molecule has 0 amide bonds. The number of hydrogen-bond donors (Lipinski definition) is 2. The minimum absolute atomic E-state index is 0. The van der Waals surface area contributed by atoms with Gasteiger partial charge in [0.1, 0.15) is 17.5 Å². The number of phenols is 1. The first-order valence-electron chi connectivity index (χ1n) is 12.0. The standard InChI is InChI=1S/C27H25FN6O2.ClH/c1-36-23-7-4-15(11-22(23)35)24-25(16-2-3-17(14-29)21(28)10-16)32-27(33-9-8-31-26(24)33)34-19-5-6-20(34)13-18(30)12-19;/h2-4,7-11,18-20,35H,5-6,12-13,30H2,1H3;1H. The second-order valence-corrected chi connectivity index (χ2v) is 9.47. The highest BCUT2D eigenvalue weighted by Crippen LogP contribution is 2.43. The zero-order valence-corrected chi connectivity index (χ0v) is 21.0. The van der Waals surface area contributed by atoms with Gasteiger partial charge in [-0.25, -0.2) is 14.4 Å². The van der Waals surface area contributed by atoms with Gasteiger partial charge in [0.15, 0.2) is 11.5 Å². The first kappa shape index (κ1) is 24.8. The molecule has 3 N–H and O–H groups in total. The molecule has 8 nitrogen and oxygen atoms in total. The minimum Gasteiger partial charge on any atom is -0.504 e. The molecule has 2 saturated heterocycles. The van der Waals surface area contributed by atoms with E-state index in [1.165, 1.54) is 19.2 Å². The number of methoxy groups -OCH3 is 1. The van der Waals surface area contributed by atoms with Crippen LogP contribution >= 0.6 is 12.4 Å². The number of ether oxygens (including phenoxy) is 1. The Morgan fingerprint density at radius 1 is 1.14 bits per heavy atom. The van der Waals surface area contributed by atoms with Crippen LogP contribution in [0.3, 0.4) is 0 Å². The topological polar surface area (TPSA) is 113 Å². The number of halogens is 2. The van der Waals surface area contributed by atoms with Crippen molar-refractivity contribution in [1.82, 2.24) is 14.4 Å². The van der Waals surface area contributed by atoms with Gasteiger partial charge in [-0.1, -0.05) is 12.1 Å². The van der Waals surface area contributed by atoms with E-state index in [0.29, 0.717) is 33.8 Å². The molecule has 190 valence electrons. The number of nitriles is 1. The predicted molar refractivity (Wildman–Crippen MR) is 140 cm³/mol. The first-order valence-corrected chi connectivity index (χ1v) is 12.0. The second-order valence-electron chi connectivity index (χ2n) is 9.47. The van der Waals surface area contributed by atoms with E-state index in [-0.39, 0.29) is 41.8 Å². The summed E-state index contributed by atoms with van der Waals surface area (Å²) in [5.74, 6) is 0.441. The number of nitrogens with zero attached hydrogens (tertiary/aromatic N) is 5. The van der Waals surface area contributed by atoms with Crippen molar-refractivity contribution in [2.45, 2.75) is 43.8 Å². The van der Waals surface area contributed by atoms with E-state index in [9.17, 15) is 14.8 Å². The average Bonchev–Trinajstić information content (AvgIpc) is 3.46. The number of piperidine rings is 1. The number of aromatic nitrogens is 3. The molecular weight excluding hydrogens is 495 g/mol. The predicted octanol–water partition coefficient (Wildman–Crippen LogP) is 4.67. The van der Waals surface area contributed by atoms with E-state index < -0.39 is 5.82 Å². The highest BCUT2D eigenvalue weighted by molar-refractivity contribution is 5.92. The maximum atomic E-state index is 14.8. The number of phenolic OH excluding ortho intramolecular Hbond substituents is 1. The molecule has 2 aromatic carbocycles. The van der Waals surface area contributed by atoms with Gasteiger partial charge >= 0.3 is 0 Å². The third kappa shape index (κ3) is 4.02. The van der Waals surface area contributed by atoms with Gasteiger partial charge in [0, 0.05) is 36.1 Å². The zero-order chi connectivity index (χ0) is 25.0. The van der Waals surface area contributed by atoms with Crippen LogP contribution in [-0.2, 0) is 0 Å². The van der Waals surface area contributed by atoms with Crippen LogP contribution in [0.15, 0.2) is 48.8 Å². The highest BCUT2D eigenvalue weighted by atomic mass is 35.5. The summed E-state index contributed by atoms with van der Waals surface area (Å²) in [6.45, 7) is 0. The summed E-state index contributed by atoms with van der Waals surface area (Å²) >= 11 is 0. The number of rotatable bonds is 4. The van der Waals surface area contributed by atoms with Gasteiger partial charge in [-0.05, 0) is 55.5 Å². The van der Waals surface area contributed by atoms with E-state index in [2.05, 4.69) is 9.88 Å². The molecule has 37 heavy (non-hydrogen) atoms. The number of anilines is 1. The number of fused-ring (bicyclic) bond motifs is 3. The summed E-state index contributed by atoms with van der Waals surface area (Å²) < 4.78 is 21.9. The van der Waals surface area contributed by atoms with Gasteiger partial charge in [-0.3, -0.25) is 4.40 Å². The van der Waals surface area contributed by atoms with Gasteiger partial charge in [0.25, 0.3) is 0 Å². The summed E-state index contributed by atoms with van der Waals surface area (Å²) in [6, 6.07) is 12.2. The van der Waals surface area contributed by atoms with E-state index in [1.807, 2.05) is 22.7 Å². The van der Waals surface area contributed by atoms with Crippen molar-refractivity contribution in [1.29, 1.82) is 5.26 Å². The van der Waals surface area contributed by atoms with E-state index in [1.54, 1.807) is 24.4 Å². The lowest BCUT2D eigenvalue weighted by Crippen LogP contribution is -2.48. The number of nitrogens with two attached hydrogens (primary N) is 1. The molecule has 0 spiro atoms. The smallest absolute Gasteiger partial charge is 0.212 e. The summed E-state index contributed by atoms with van der Waals surface area (Å²) in [5, 5.41) is 19.8. The molecule has 2 aliphatic rings. The fraction of sp³-hybridized carbons (Fsp3) is 0.296. The van der Waals surface area contributed by atoms with Crippen molar-refractivity contribution >= 4 is 24.0 Å². The van der Waals surface area contributed by atoms with Crippen molar-refractivity contribution in [3.8, 4) is 40.0 Å². The molecule has 2 aliphatic heterocycles. The number of hydrogen-bond acceptors (Lipinski definition) is 7. The Morgan fingerprint density at radius 2 is 1.86 bits per heavy atom. The van der Waals surface area contributed by atoms with Gasteiger partial charge in [0.2, 0.25) is 5.95 Å². The van der Waals surface area contributed by atoms with Crippen molar-refractivity contribution < 1.29 is 14.2 Å². The largest absolute Gasteiger partial charge is 0.504 e. The quantitative estimate of drug-likeness (QED) is 0.402. The molecular formula is C27H26ClFN6O2. The maximum absolute atomic E-state index is 14.8. The van der Waals surface area contributed by atoms with E-state index in [0.717, 1.165) is 31.6 Å². The van der Waals surface area contributed by atoms with Gasteiger partial charge in [-0.2, -0.15) is 5.26 Å². The Morgan fingerprint density at radius 3 is 2.51 bits per heavy atom. The fourth-order valence-corrected chi connectivity index (χ4v) is 5.77. The molecule has 2 atom stereocenters. The van der Waals surface area contributed by atoms with Crippen LogP contribution in [-0.4, -0.2) is 44.7 Å². The lowest BCUT2D eigenvalue weighted by Gasteiger charge is -2.39. The van der Waals surface area contributed by atoms with Crippen LogP contribution < -0.4 is 15.4 Å². The van der Waals surface area contributed by atoms with Crippen molar-refractivity contribution in [2.24, 2.45) is 5.73 Å². The van der Waals surface area contributed by atoms with Crippen LogP contribution in [0.4, 0.5) is 10.3 Å². The Kier molecular flexibility index (Phi) is 6.40. The number of imidazole rings is 1. The monoisotopic (exact) mass is 520 g/mol. The Labute approximate surface area is 219 Å². The van der Waals surface area contributed by atoms with Crippen LogP contribution in [0.25, 0.3) is 28.0 Å². The molecule has 2 bridgehead atoms. The minimum atomic E-state index is -0.617. The summed E-state index contributed by atoms with van der Waals surface area (Å²) in [7, 11) is 1.49. The molecule has 4 heterocycles. The normalized spacial score (nSPS) is 20.5. The average molecular weight is 521 g/mol. The lowest BCUT2D eigenvalue weighted by molar-refractivity contribution is 0.373. The van der Waals surface area contributed by atoms with Crippen molar-refractivity contribution in [3.63, 3.8) is 0 Å². The molecule has 4 aromatic rings. The molecule has 0 aliphatic carbocycles. The fourth-order valence-electron chi connectivity index (χ4n) is 5.77. The molecule has 2 fully saturated rings. The molecule has 6 rings (SSSR count). The third-order valence-electron chi connectivity index (χ3n) is 7.36. The number of aromatic hydroxyl groups is 1. The summed E-state index contributed by atoms with van der Waals surface area (Å²) in [5.41, 5.74) is 9.27. The molecule has 0 saturated carbocycles. The Balaban J connectivity index is 0.00000280. The number of benzene rings is 2. The second kappa shape index (κ2) is 9.54. The molecule has 0 radical (unpaired) electrons. The van der Waals surface area contributed by atoms with E-state index in [4.69, 9.17) is 15.5 Å². The van der Waals surface area contributed by atoms with Crippen LogP contribution in [0.5, 0.6) is 11.5 Å². The maximum Gasteiger partial charge on any atom is 0.212 e. The molecule has 2 unspecified atom stereocenters. The Hall–Kier alpha value is -3.87. The molecule has 2 aromatic heterocycles. The molecule has 10 heteroatoms. The van der Waals surface area contributed by atoms with Crippen molar-refractivity contribution in [2.75, 3.05) is 12.0 Å².